The average Bonchev–Trinajstić information content (AvgIpc) is 3.38. The first-order valence-corrected chi connectivity index (χ1v) is 11.7. The predicted octanol–water partition coefficient (Wildman–Crippen LogP) is 4.89. The number of benzene rings is 2. The molecule has 0 spiro atoms. The number of hydrogen-bond acceptors (Lipinski definition) is 5. The zero-order valence-corrected chi connectivity index (χ0v) is 19.1. The molecule has 172 valence electrons. The van der Waals surface area contributed by atoms with Crippen molar-refractivity contribution in [1.29, 1.82) is 0 Å². The minimum Gasteiger partial charge on any atom is -0.348 e. The Morgan fingerprint density at radius 2 is 1.71 bits per heavy atom. The minimum absolute atomic E-state index is 0.0191. The van der Waals surface area contributed by atoms with Crippen molar-refractivity contribution >= 4 is 28.6 Å². The van der Waals surface area contributed by atoms with Crippen LogP contribution in [-0.4, -0.2) is 20.4 Å². The zero-order chi connectivity index (χ0) is 23.5. The van der Waals surface area contributed by atoms with Crippen LogP contribution in [0.15, 0.2) is 71.5 Å². The number of anilines is 2. The molecule has 2 N–H and O–H groups in total. The summed E-state index contributed by atoms with van der Waals surface area (Å²) in [5.74, 6) is 0.303. The first-order chi connectivity index (χ1) is 16.6. The van der Waals surface area contributed by atoms with Crippen LogP contribution in [0.4, 0.5) is 11.6 Å². The third-order valence-electron chi connectivity index (χ3n) is 6.36. The SMILES string of the molecule is Cc1nc(Nc2ccc(C(=O)NCc3ccccc3)cc2)nc2c1ccc(=O)n2C1CCCC1. The summed E-state index contributed by atoms with van der Waals surface area (Å²) in [4.78, 5) is 34.5. The number of fused-ring (bicyclic) bond motifs is 1. The molecule has 1 fully saturated rings. The maximum Gasteiger partial charge on any atom is 0.252 e. The minimum atomic E-state index is -0.131. The molecule has 1 aliphatic carbocycles. The van der Waals surface area contributed by atoms with Crippen molar-refractivity contribution in [2.45, 2.75) is 45.2 Å². The molecular weight excluding hydrogens is 426 g/mol. The van der Waals surface area contributed by atoms with Gasteiger partial charge < -0.3 is 10.6 Å². The molecule has 1 saturated carbocycles. The van der Waals surface area contributed by atoms with Gasteiger partial charge in [-0.15, -0.1) is 0 Å². The molecule has 2 heterocycles. The summed E-state index contributed by atoms with van der Waals surface area (Å²) in [5.41, 5.74) is 3.86. The number of aromatic nitrogens is 3. The lowest BCUT2D eigenvalue weighted by Gasteiger charge is -2.17. The van der Waals surface area contributed by atoms with E-state index >= 15 is 0 Å². The van der Waals surface area contributed by atoms with E-state index in [2.05, 4.69) is 15.6 Å². The fourth-order valence-corrected chi connectivity index (χ4v) is 4.57. The third kappa shape index (κ3) is 4.55. The van der Waals surface area contributed by atoms with Crippen molar-refractivity contribution in [3.63, 3.8) is 0 Å². The summed E-state index contributed by atoms with van der Waals surface area (Å²) in [7, 11) is 0. The molecule has 5 rings (SSSR count). The van der Waals surface area contributed by atoms with Crippen LogP contribution in [0, 0.1) is 6.92 Å². The van der Waals surface area contributed by atoms with Crippen LogP contribution in [-0.2, 0) is 6.54 Å². The van der Waals surface area contributed by atoms with E-state index in [0.29, 0.717) is 23.7 Å². The van der Waals surface area contributed by atoms with Crippen LogP contribution in [0.5, 0.6) is 0 Å². The number of nitrogens with zero attached hydrogens (tertiary/aromatic N) is 3. The molecular formula is C27H27N5O2. The first kappa shape index (κ1) is 21.8. The molecule has 2 aromatic carbocycles. The van der Waals surface area contributed by atoms with Crippen molar-refractivity contribution in [3.05, 3.63) is 93.9 Å². The molecule has 0 bridgehead atoms. The predicted molar refractivity (Wildman–Crippen MR) is 133 cm³/mol. The van der Waals surface area contributed by atoms with Crippen molar-refractivity contribution in [1.82, 2.24) is 19.9 Å². The van der Waals surface area contributed by atoms with Gasteiger partial charge in [0, 0.05) is 35.3 Å². The molecule has 2 aromatic heterocycles. The van der Waals surface area contributed by atoms with Crippen molar-refractivity contribution in [2.24, 2.45) is 0 Å². The highest BCUT2D eigenvalue weighted by molar-refractivity contribution is 5.94. The van der Waals surface area contributed by atoms with E-state index in [1.165, 1.54) is 0 Å². The Kier molecular flexibility index (Phi) is 6.08. The van der Waals surface area contributed by atoms with Crippen molar-refractivity contribution in [3.8, 4) is 0 Å². The lowest BCUT2D eigenvalue weighted by atomic mass is 10.1. The standard InChI is InChI=1S/C27H27N5O2/c1-18-23-15-16-24(33)32(22-9-5-6-10-22)25(23)31-27(29-18)30-21-13-11-20(12-14-21)26(34)28-17-19-7-3-2-4-8-19/h2-4,7-8,11-16,22H,5-6,9-10,17H2,1H3,(H,28,34)(H,29,30,31). The summed E-state index contributed by atoms with van der Waals surface area (Å²) in [6, 6.07) is 20.6. The third-order valence-corrected chi connectivity index (χ3v) is 6.36. The molecule has 1 aliphatic rings. The van der Waals surface area contributed by atoms with Gasteiger partial charge in [-0.2, -0.15) is 4.98 Å². The van der Waals surface area contributed by atoms with E-state index in [1.54, 1.807) is 18.2 Å². The second kappa shape index (κ2) is 9.47. The number of pyridine rings is 1. The summed E-state index contributed by atoms with van der Waals surface area (Å²) in [6.45, 7) is 2.41. The number of rotatable bonds is 6. The Morgan fingerprint density at radius 1 is 0.971 bits per heavy atom. The van der Waals surface area contributed by atoms with E-state index < -0.39 is 0 Å². The second-order valence-corrected chi connectivity index (χ2v) is 8.72. The smallest absolute Gasteiger partial charge is 0.252 e. The molecule has 0 aliphatic heterocycles. The lowest BCUT2D eigenvalue weighted by Crippen LogP contribution is -2.24. The van der Waals surface area contributed by atoms with Crippen molar-refractivity contribution < 1.29 is 4.79 Å². The fourth-order valence-electron chi connectivity index (χ4n) is 4.57. The maximum atomic E-state index is 12.7. The molecule has 0 radical (unpaired) electrons. The zero-order valence-electron chi connectivity index (χ0n) is 19.1. The summed E-state index contributed by atoms with van der Waals surface area (Å²) < 4.78 is 1.84. The Hall–Kier alpha value is -4.00. The molecule has 1 amide bonds. The van der Waals surface area contributed by atoms with Crippen LogP contribution in [0.3, 0.4) is 0 Å². The first-order valence-electron chi connectivity index (χ1n) is 11.7. The average molecular weight is 454 g/mol. The number of amides is 1. The van der Waals surface area contributed by atoms with E-state index in [1.807, 2.05) is 60.0 Å². The van der Waals surface area contributed by atoms with Crippen LogP contribution >= 0.6 is 0 Å². The van der Waals surface area contributed by atoms with Crippen LogP contribution < -0.4 is 16.2 Å². The normalized spacial score (nSPS) is 13.8. The van der Waals surface area contributed by atoms with Gasteiger partial charge in [0.15, 0.2) is 0 Å². The summed E-state index contributed by atoms with van der Waals surface area (Å²) in [5, 5.41) is 7.05. The van der Waals surface area contributed by atoms with E-state index in [9.17, 15) is 9.59 Å². The second-order valence-electron chi connectivity index (χ2n) is 8.72. The monoisotopic (exact) mass is 453 g/mol. The molecule has 0 unspecified atom stereocenters. The molecule has 7 nitrogen and oxygen atoms in total. The van der Waals surface area contributed by atoms with Gasteiger partial charge in [0.25, 0.3) is 11.5 Å². The maximum absolute atomic E-state index is 12.7. The van der Waals surface area contributed by atoms with Crippen LogP contribution in [0.25, 0.3) is 11.0 Å². The van der Waals surface area contributed by atoms with Gasteiger partial charge in [-0.3, -0.25) is 14.2 Å². The lowest BCUT2D eigenvalue weighted by molar-refractivity contribution is 0.0951. The molecule has 0 atom stereocenters. The van der Waals surface area contributed by atoms with E-state index in [0.717, 1.165) is 48.0 Å². The fraction of sp³-hybridized carbons (Fsp3) is 0.259. The highest BCUT2D eigenvalue weighted by Gasteiger charge is 2.21. The summed E-state index contributed by atoms with van der Waals surface area (Å²) in [6.07, 6.45) is 4.26. The molecule has 34 heavy (non-hydrogen) atoms. The van der Waals surface area contributed by atoms with Crippen LogP contribution in [0.1, 0.15) is 53.3 Å². The van der Waals surface area contributed by atoms with E-state index in [-0.39, 0.29) is 17.5 Å². The van der Waals surface area contributed by atoms with Gasteiger partial charge in [-0.1, -0.05) is 43.2 Å². The Labute approximate surface area is 197 Å². The van der Waals surface area contributed by atoms with Gasteiger partial charge in [0.05, 0.1) is 5.69 Å². The van der Waals surface area contributed by atoms with Gasteiger partial charge >= 0.3 is 0 Å². The van der Waals surface area contributed by atoms with E-state index in [4.69, 9.17) is 4.98 Å². The number of nitrogens with one attached hydrogen (secondary N) is 2. The van der Waals surface area contributed by atoms with Crippen molar-refractivity contribution in [2.75, 3.05) is 5.32 Å². The quantitative estimate of drug-likeness (QED) is 0.434. The number of hydrogen-bond donors (Lipinski definition) is 2. The molecule has 0 saturated heterocycles. The Morgan fingerprint density at radius 3 is 2.44 bits per heavy atom. The highest BCUT2D eigenvalue weighted by atomic mass is 16.1. The summed E-state index contributed by atoms with van der Waals surface area (Å²) >= 11 is 0. The number of aryl methyl sites for hydroxylation is 1. The number of carbonyl (C=O) groups excluding carboxylic acids is 1. The highest BCUT2D eigenvalue weighted by Crippen LogP contribution is 2.31. The largest absolute Gasteiger partial charge is 0.348 e. The van der Waals surface area contributed by atoms with Gasteiger partial charge in [-0.25, -0.2) is 4.98 Å². The number of carbonyl (C=O) groups is 1. The Bertz CT molecular complexity index is 1370. The van der Waals surface area contributed by atoms with Gasteiger partial charge in [0.2, 0.25) is 5.95 Å². The van der Waals surface area contributed by atoms with Crippen LogP contribution in [0.2, 0.25) is 0 Å². The van der Waals surface area contributed by atoms with Gasteiger partial charge in [-0.05, 0) is 55.7 Å². The van der Waals surface area contributed by atoms with Gasteiger partial charge in [0.1, 0.15) is 5.65 Å². The Balaban J connectivity index is 1.35. The molecule has 4 aromatic rings. The topological polar surface area (TPSA) is 88.9 Å². The molecule has 7 heteroatoms.